The van der Waals surface area contributed by atoms with E-state index in [9.17, 15) is 18.0 Å². The van der Waals surface area contributed by atoms with Crippen LogP contribution in [-0.2, 0) is 23.9 Å². The van der Waals surface area contributed by atoms with Gasteiger partial charge in [-0.1, -0.05) is 37.3 Å². The van der Waals surface area contributed by atoms with E-state index in [0.29, 0.717) is 29.9 Å². The predicted octanol–water partition coefficient (Wildman–Crippen LogP) is 4.52. The second-order valence-electron chi connectivity index (χ2n) is 7.67. The molecule has 166 valence electrons. The lowest BCUT2D eigenvalue weighted by Gasteiger charge is -2.29. The van der Waals surface area contributed by atoms with Gasteiger partial charge in [0.15, 0.2) is 0 Å². The van der Waals surface area contributed by atoms with Crippen LogP contribution in [0.3, 0.4) is 0 Å². The van der Waals surface area contributed by atoms with Gasteiger partial charge in [0.2, 0.25) is 5.91 Å². The number of rotatable bonds is 7. The summed E-state index contributed by atoms with van der Waals surface area (Å²) in [5.74, 6) is -1.32. The van der Waals surface area contributed by atoms with Crippen LogP contribution in [0, 0.1) is 13.8 Å². The fourth-order valence-corrected chi connectivity index (χ4v) is 3.56. The lowest BCUT2D eigenvalue weighted by molar-refractivity contribution is -0.144. The Labute approximate surface area is 179 Å². The van der Waals surface area contributed by atoms with Crippen molar-refractivity contribution in [3.8, 4) is 0 Å². The molecule has 1 amide bonds. The second-order valence-corrected chi connectivity index (χ2v) is 7.67. The van der Waals surface area contributed by atoms with E-state index in [1.54, 1.807) is 13.8 Å². The Morgan fingerprint density at radius 3 is 2.45 bits per heavy atom. The van der Waals surface area contributed by atoms with Gasteiger partial charge in [-0.15, -0.1) is 5.10 Å². The first-order valence-corrected chi connectivity index (χ1v) is 10.2. The largest absolute Gasteiger partial charge is 0.453 e. The zero-order valence-corrected chi connectivity index (χ0v) is 18.1. The molecule has 0 fully saturated rings. The molecule has 0 aliphatic heterocycles. The van der Waals surface area contributed by atoms with Gasteiger partial charge >= 0.3 is 6.18 Å². The monoisotopic (exact) mass is 433 g/mol. The maximum absolute atomic E-state index is 13.1. The minimum Gasteiger partial charge on any atom is -0.336 e. The highest BCUT2D eigenvalue weighted by atomic mass is 19.4. The molecule has 0 saturated heterocycles. The third-order valence-electron chi connectivity index (χ3n) is 5.53. The summed E-state index contributed by atoms with van der Waals surface area (Å²) in [6.07, 6.45) is -3.23. The minimum absolute atomic E-state index is 0.00771. The molecule has 6 nitrogen and oxygen atoms in total. The molecule has 0 radical (unpaired) electrons. The van der Waals surface area contributed by atoms with Crippen LogP contribution in [0.2, 0.25) is 0 Å². The number of benzene rings is 1. The maximum Gasteiger partial charge on any atom is 0.453 e. The van der Waals surface area contributed by atoms with E-state index in [1.807, 2.05) is 49.1 Å². The summed E-state index contributed by atoms with van der Waals surface area (Å²) in [4.78, 5) is 22.6. The van der Waals surface area contributed by atoms with Crippen LogP contribution < -0.4 is 0 Å². The second kappa shape index (κ2) is 9.03. The van der Waals surface area contributed by atoms with E-state index in [0.717, 1.165) is 16.5 Å². The highest BCUT2D eigenvalue weighted by molar-refractivity contribution is 5.77. The van der Waals surface area contributed by atoms with E-state index in [4.69, 9.17) is 0 Å². The Morgan fingerprint density at radius 1 is 1.16 bits per heavy atom. The number of nitrogens with zero attached hydrogens (tertiary/aromatic N) is 5. The molecule has 0 aliphatic rings. The topological polar surface area (TPSA) is 63.4 Å². The van der Waals surface area contributed by atoms with Gasteiger partial charge in [-0.3, -0.25) is 4.79 Å². The van der Waals surface area contributed by atoms with Crippen LogP contribution in [0.4, 0.5) is 13.2 Å². The lowest BCUT2D eigenvalue weighted by atomic mass is 10.0. The zero-order chi connectivity index (χ0) is 22.8. The number of hydrogen-bond acceptors (Lipinski definition) is 4. The molecular weight excluding hydrogens is 407 g/mol. The van der Waals surface area contributed by atoms with Crippen molar-refractivity contribution < 1.29 is 18.0 Å². The van der Waals surface area contributed by atoms with Crippen molar-refractivity contribution >= 4 is 11.7 Å². The summed E-state index contributed by atoms with van der Waals surface area (Å²) in [7, 11) is 0. The minimum atomic E-state index is -4.64. The van der Waals surface area contributed by atoms with Gasteiger partial charge in [-0.2, -0.15) is 18.2 Å². The molecule has 3 aromatic rings. The molecule has 0 aliphatic carbocycles. The standard InChI is InChI=1S/C22H26F3N5O/c1-5-14(2)29(13-17-9-7-6-8-10-17)19(31)12-11-18-15(3)26-21-27-20(22(23,24)25)28-30(21)16(18)4/h6-10,14H,5,11-13H2,1-4H3. The van der Waals surface area contributed by atoms with Crippen molar-refractivity contribution in [2.45, 2.75) is 65.7 Å². The fraction of sp³-hybridized carbons (Fsp3) is 0.455. The third-order valence-corrected chi connectivity index (χ3v) is 5.53. The van der Waals surface area contributed by atoms with E-state index >= 15 is 0 Å². The van der Waals surface area contributed by atoms with E-state index in [1.165, 1.54) is 0 Å². The highest BCUT2D eigenvalue weighted by Crippen LogP contribution is 2.27. The average molecular weight is 433 g/mol. The number of halogens is 3. The smallest absolute Gasteiger partial charge is 0.336 e. The Bertz CT molecular complexity index is 1060. The van der Waals surface area contributed by atoms with E-state index in [-0.39, 0.29) is 24.1 Å². The molecule has 1 aromatic carbocycles. The molecule has 2 heterocycles. The van der Waals surface area contributed by atoms with Crippen molar-refractivity contribution in [2.75, 3.05) is 0 Å². The molecule has 3 rings (SSSR count). The number of aromatic nitrogens is 4. The van der Waals surface area contributed by atoms with Crippen molar-refractivity contribution in [1.29, 1.82) is 0 Å². The number of carbonyl (C=O) groups is 1. The van der Waals surface area contributed by atoms with Gasteiger partial charge in [-0.25, -0.2) is 9.50 Å². The van der Waals surface area contributed by atoms with E-state index in [2.05, 4.69) is 15.1 Å². The van der Waals surface area contributed by atoms with Crippen LogP contribution >= 0.6 is 0 Å². The number of aryl methyl sites for hydroxylation is 2. The summed E-state index contributed by atoms with van der Waals surface area (Å²) < 4.78 is 40.0. The van der Waals surface area contributed by atoms with Crippen LogP contribution in [0.5, 0.6) is 0 Å². The van der Waals surface area contributed by atoms with Crippen LogP contribution in [0.15, 0.2) is 30.3 Å². The lowest BCUT2D eigenvalue weighted by Crippen LogP contribution is -2.38. The maximum atomic E-state index is 13.1. The molecule has 2 aromatic heterocycles. The van der Waals surface area contributed by atoms with Crippen molar-refractivity contribution in [3.05, 3.63) is 58.7 Å². The molecule has 0 spiro atoms. The fourth-order valence-electron chi connectivity index (χ4n) is 3.56. The molecule has 31 heavy (non-hydrogen) atoms. The normalized spacial score (nSPS) is 12.9. The van der Waals surface area contributed by atoms with Crippen LogP contribution in [0.1, 0.15) is 55.0 Å². The molecule has 0 saturated carbocycles. The number of hydrogen-bond donors (Lipinski definition) is 0. The van der Waals surface area contributed by atoms with Gasteiger partial charge in [0, 0.05) is 30.4 Å². The Kier molecular flexibility index (Phi) is 6.62. The molecule has 0 N–H and O–H groups in total. The summed E-state index contributed by atoms with van der Waals surface area (Å²) in [5, 5.41) is 3.57. The molecular formula is C22H26F3N5O. The molecule has 0 bridgehead atoms. The van der Waals surface area contributed by atoms with E-state index < -0.39 is 12.0 Å². The van der Waals surface area contributed by atoms with Crippen molar-refractivity contribution in [1.82, 2.24) is 24.5 Å². The Morgan fingerprint density at radius 2 is 1.84 bits per heavy atom. The van der Waals surface area contributed by atoms with Gasteiger partial charge in [0.1, 0.15) is 0 Å². The summed E-state index contributed by atoms with van der Waals surface area (Å²) in [5.41, 5.74) is 2.82. The summed E-state index contributed by atoms with van der Waals surface area (Å²) in [6, 6.07) is 9.85. The molecule has 9 heteroatoms. The van der Waals surface area contributed by atoms with Gasteiger partial charge in [0.05, 0.1) is 0 Å². The van der Waals surface area contributed by atoms with Crippen LogP contribution in [0.25, 0.3) is 5.78 Å². The number of carbonyl (C=O) groups excluding carboxylic acids is 1. The Hall–Kier alpha value is -2.97. The summed E-state index contributed by atoms with van der Waals surface area (Å²) in [6.45, 7) is 7.95. The van der Waals surface area contributed by atoms with Crippen molar-refractivity contribution in [2.24, 2.45) is 0 Å². The number of alkyl halides is 3. The van der Waals surface area contributed by atoms with Gasteiger partial charge in [0.25, 0.3) is 11.6 Å². The third kappa shape index (κ3) is 5.03. The molecule has 1 atom stereocenters. The SMILES string of the molecule is CCC(C)N(Cc1ccccc1)C(=O)CCc1c(C)nc2nc(C(F)(F)F)nn2c1C. The number of fused-ring (bicyclic) bond motifs is 1. The first kappa shape index (κ1) is 22.7. The zero-order valence-electron chi connectivity index (χ0n) is 18.1. The van der Waals surface area contributed by atoms with Gasteiger partial charge < -0.3 is 4.90 Å². The quantitative estimate of drug-likeness (QED) is 0.550. The highest BCUT2D eigenvalue weighted by Gasteiger charge is 2.37. The number of amides is 1. The van der Waals surface area contributed by atoms with Crippen LogP contribution in [-0.4, -0.2) is 36.4 Å². The summed E-state index contributed by atoms with van der Waals surface area (Å²) >= 11 is 0. The Balaban J connectivity index is 1.82. The average Bonchev–Trinajstić information content (AvgIpc) is 3.16. The first-order valence-electron chi connectivity index (χ1n) is 10.2. The predicted molar refractivity (Wildman–Crippen MR) is 110 cm³/mol. The van der Waals surface area contributed by atoms with Crippen molar-refractivity contribution in [3.63, 3.8) is 0 Å². The molecule has 1 unspecified atom stereocenters. The first-order chi connectivity index (χ1) is 14.6. The van der Waals surface area contributed by atoms with Gasteiger partial charge in [-0.05, 0) is 44.7 Å².